The van der Waals surface area contributed by atoms with E-state index in [1.165, 1.54) is 10.4 Å². The molecule has 2 unspecified atom stereocenters. The number of benzene rings is 1. The first-order valence-electron chi connectivity index (χ1n) is 7.36. The molecule has 0 aromatic heterocycles. The minimum absolute atomic E-state index is 0. The van der Waals surface area contributed by atoms with Crippen LogP contribution in [0.3, 0.4) is 0 Å². The summed E-state index contributed by atoms with van der Waals surface area (Å²) >= 11 is 5.86. The highest BCUT2D eigenvalue weighted by Gasteiger charge is 2.37. The lowest BCUT2D eigenvalue weighted by Gasteiger charge is -2.34. The molecule has 2 aliphatic heterocycles. The predicted molar refractivity (Wildman–Crippen MR) is 88.6 cm³/mol. The summed E-state index contributed by atoms with van der Waals surface area (Å²) in [7, 11) is -3.69. The number of fused-ring (bicyclic) bond motifs is 1. The quantitative estimate of drug-likeness (QED) is 0.840. The lowest BCUT2D eigenvalue weighted by Crippen LogP contribution is -2.46. The summed E-state index contributed by atoms with van der Waals surface area (Å²) in [4.78, 5) is -0.00600. The van der Waals surface area contributed by atoms with Gasteiger partial charge in [0.2, 0.25) is 10.0 Å². The maximum absolute atomic E-state index is 12.7. The molecule has 0 radical (unpaired) electrons. The van der Waals surface area contributed by atoms with Gasteiger partial charge in [-0.15, -0.1) is 12.4 Å². The third-order valence-corrected chi connectivity index (χ3v) is 6.53. The van der Waals surface area contributed by atoms with E-state index < -0.39 is 16.6 Å². The number of rotatable bonds is 4. The summed E-state index contributed by atoms with van der Waals surface area (Å²) in [6, 6.07) is 3.95. The van der Waals surface area contributed by atoms with Crippen molar-refractivity contribution in [2.75, 3.05) is 19.6 Å². The van der Waals surface area contributed by atoms with Crippen LogP contribution in [0.15, 0.2) is 23.1 Å². The molecule has 2 aliphatic rings. The molecule has 0 saturated carbocycles. The Hall–Kier alpha value is -0.670. The van der Waals surface area contributed by atoms with Gasteiger partial charge in [0, 0.05) is 19.1 Å². The predicted octanol–water partition coefficient (Wildman–Crippen LogP) is 2.74. The molecule has 2 heterocycles. The second-order valence-electron chi connectivity index (χ2n) is 5.73. The number of sulfonamides is 1. The number of hydrogen-bond donors (Lipinski definition) is 1. The van der Waals surface area contributed by atoms with Gasteiger partial charge in [-0.25, -0.2) is 8.42 Å². The molecule has 5 nitrogen and oxygen atoms in total. The van der Waals surface area contributed by atoms with Crippen LogP contribution in [-0.2, 0) is 10.0 Å². The summed E-state index contributed by atoms with van der Waals surface area (Å²) < 4.78 is 55.6. The highest BCUT2D eigenvalue weighted by molar-refractivity contribution is 7.89. The molecule has 2 fully saturated rings. The van der Waals surface area contributed by atoms with Gasteiger partial charge in [-0.1, -0.05) is 11.6 Å². The molecule has 0 amide bonds. The average molecular weight is 403 g/mol. The molecule has 1 N–H and O–H groups in total. The van der Waals surface area contributed by atoms with Crippen LogP contribution in [0.5, 0.6) is 5.75 Å². The van der Waals surface area contributed by atoms with E-state index in [1.54, 1.807) is 0 Å². The second-order valence-corrected chi connectivity index (χ2v) is 8.08. The topological polar surface area (TPSA) is 58.6 Å². The minimum atomic E-state index is -3.69. The number of piperidine rings is 1. The van der Waals surface area contributed by atoms with Crippen LogP contribution in [0.4, 0.5) is 8.78 Å². The molecule has 2 atom stereocenters. The van der Waals surface area contributed by atoms with Gasteiger partial charge in [0.25, 0.3) is 0 Å². The van der Waals surface area contributed by atoms with E-state index in [2.05, 4.69) is 10.1 Å². The Balaban J connectivity index is 0.00000208. The van der Waals surface area contributed by atoms with E-state index in [9.17, 15) is 17.2 Å². The van der Waals surface area contributed by atoms with E-state index in [1.807, 2.05) is 0 Å². The van der Waals surface area contributed by atoms with Crippen molar-refractivity contribution in [3.63, 3.8) is 0 Å². The Morgan fingerprint density at radius 2 is 2.08 bits per heavy atom. The van der Waals surface area contributed by atoms with Crippen LogP contribution in [0.2, 0.25) is 5.02 Å². The van der Waals surface area contributed by atoms with E-state index in [0.29, 0.717) is 25.0 Å². The lowest BCUT2D eigenvalue weighted by molar-refractivity contribution is -0.0498. The largest absolute Gasteiger partial charge is 0.433 e. The molecule has 3 rings (SSSR count). The van der Waals surface area contributed by atoms with Gasteiger partial charge in [0.15, 0.2) is 0 Å². The van der Waals surface area contributed by atoms with E-state index >= 15 is 0 Å². The zero-order valence-corrected chi connectivity index (χ0v) is 15.0. The molecule has 10 heteroatoms. The monoisotopic (exact) mass is 402 g/mol. The Labute approximate surface area is 150 Å². The second kappa shape index (κ2) is 7.70. The third kappa shape index (κ3) is 3.94. The molecule has 0 aliphatic carbocycles. The summed E-state index contributed by atoms with van der Waals surface area (Å²) in [5, 5.41) is 3.23. The molecule has 136 valence electrons. The van der Waals surface area contributed by atoms with E-state index in [-0.39, 0.29) is 28.1 Å². The molecule has 2 saturated heterocycles. The summed E-state index contributed by atoms with van der Waals surface area (Å²) in [5.41, 5.74) is 0. The van der Waals surface area contributed by atoms with E-state index in [0.717, 1.165) is 31.5 Å². The van der Waals surface area contributed by atoms with Gasteiger partial charge in [-0.05, 0) is 43.5 Å². The van der Waals surface area contributed by atoms with Crippen LogP contribution >= 0.6 is 24.0 Å². The van der Waals surface area contributed by atoms with Crippen molar-refractivity contribution in [3.8, 4) is 5.75 Å². The number of ether oxygens (including phenoxy) is 1. The van der Waals surface area contributed by atoms with Crippen molar-refractivity contribution in [1.82, 2.24) is 9.62 Å². The first-order chi connectivity index (χ1) is 10.9. The number of halogens is 4. The average Bonchev–Trinajstić information content (AvgIpc) is 2.96. The Morgan fingerprint density at radius 1 is 1.33 bits per heavy atom. The van der Waals surface area contributed by atoms with Gasteiger partial charge in [0.05, 0.1) is 9.92 Å². The normalized spacial score (nSPS) is 24.5. The van der Waals surface area contributed by atoms with Crippen LogP contribution in [0.1, 0.15) is 12.8 Å². The van der Waals surface area contributed by atoms with Gasteiger partial charge >= 0.3 is 6.61 Å². The zero-order chi connectivity index (χ0) is 16.6. The minimum Gasteiger partial charge on any atom is -0.433 e. The number of alkyl halides is 2. The van der Waals surface area contributed by atoms with Crippen molar-refractivity contribution in [1.29, 1.82) is 0 Å². The van der Waals surface area contributed by atoms with Crippen molar-refractivity contribution < 1.29 is 21.9 Å². The molecule has 1 aromatic rings. The van der Waals surface area contributed by atoms with Crippen molar-refractivity contribution in [3.05, 3.63) is 23.2 Å². The lowest BCUT2D eigenvalue weighted by atomic mass is 9.95. The highest BCUT2D eigenvalue weighted by Crippen LogP contribution is 2.32. The summed E-state index contributed by atoms with van der Waals surface area (Å²) in [6.07, 6.45) is 1.73. The van der Waals surface area contributed by atoms with Crippen molar-refractivity contribution >= 4 is 34.0 Å². The fraction of sp³-hybridized carbons (Fsp3) is 0.571. The highest BCUT2D eigenvalue weighted by atomic mass is 35.5. The fourth-order valence-electron chi connectivity index (χ4n) is 3.22. The first-order valence-corrected chi connectivity index (χ1v) is 9.17. The Morgan fingerprint density at radius 3 is 2.75 bits per heavy atom. The Bertz CT molecular complexity index is 691. The van der Waals surface area contributed by atoms with Crippen LogP contribution in [0, 0.1) is 5.92 Å². The SMILES string of the molecule is Cl.O=S(=O)(c1ccc(OC(F)F)c(Cl)c1)N1CCC2NCCC2C1. The maximum atomic E-state index is 12.7. The summed E-state index contributed by atoms with van der Waals surface area (Å²) in [6.45, 7) is -1.20. The number of nitrogens with zero attached hydrogens (tertiary/aromatic N) is 1. The third-order valence-electron chi connectivity index (χ3n) is 4.38. The van der Waals surface area contributed by atoms with Crippen molar-refractivity contribution in [2.45, 2.75) is 30.4 Å². The van der Waals surface area contributed by atoms with Crippen LogP contribution in [-0.4, -0.2) is 45.0 Å². The smallest absolute Gasteiger partial charge is 0.387 e. The van der Waals surface area contributed by atoms with Crippen LogP contribution in [0.25, 0.3) is 0 Å². The molecule has 1 aromatic carbocycles. The maximum Gasteiger partial charge on any atom is 0.387 e. The first kappa shape index (κ1) is 19.7. The molecule has 0 spiro atoms. The molecular formula is C14H18Cl2F2N2O3S. The fourth-order valence-corrected chi connectivity index (χ4v) is 5.04. The molecule has 24 heavy (non-hydrogen) atoms. The standard InChI is InChI=1S/C14H17ClF2N2O3S.ClH/c15-11-7-10(1-2-13(11)22-14(16)17)23(20,21)19-6-4-12-9(8-19)3-5-18-12;/h1-2,7,9,12,14,18H,3-6,8H2;1H. The van der Waals surface area contributed by atoms with Crippen LogP contribution < -0.4 is 10.1 Å². The van der Waals surface area contributed by atoms with Gasteiger partial charge in [-0.2, -0.15) is 13.1 Å². The van der Waals surface area contributed by atoms with Crippen molar-refractivity contribution in [2.24, 2.45) is 5.92 Å². The van der Waals surface area contributed by atoms with E-state index in [4.69, 9.17) is 11.6 Å². The number of nitrogens with one attached hydrogen (secondary N) is 1. The van der Waals surface area contributed by atoms with Gasteiger partial charge in [-0.3, -0.25) is 0 Å². The zero-order valence-electron chi connectivity index (χ0n) is 12.6. The molecule has 0 bridgehead atoms. The van der Waals surface area contributed by atoms with Gasteiger partial charge < -0.3 is 10.1 Å². The Kier molecular flexibility index (Phi) is 6.30. The van der Waals surface area contributed by atoms with Gasteiger partial charge in [0.1, 0.15) is 5.75 Å². The summed E-state index contributed by atoms with van der Waals surface area (Å²) in [5.74, 6) is 0.0785. The molecular weight excluding hydrogens is 385 g/mol. The number of hydrogen-bond acceptors (Lipinski definition) is 4.